The van der Waals surface area contributed by atoms with E-state index in [-0.39, 0.29) is 5.82 Å². The number of primary amides is 1. The fourth-order valence-corrected chi connectivity index (χ4v) is 2.27. The molecule has 0 atom stereocenters. The second-order valence-corrected chi connectivity index (χ2v) is 5.19. The minimum Gasteiger partial charge on any atom is -0.363 e. The highest BCUT2D eigenvalue weighted by Gasteiger charge is 2.17. The maximum absolute atomic E-state index is 11.5. The van der Waals surface area contributed by atoms with Gasteiger partial charge in [0.1, 0.15) is 0 Å². The van der Waals surface area contributed by atoms with Crippen molar-refractivity contribution in [1.82, 2.24) is 14.8 Å². The van der Waals surface area contributed by atoms with Gasteiger partial charge >= 0.3 is 0 Å². The van der Waals surface area contributed by atoms with Gasteiger partial charge in [-0.2, -0.15) is 0 Å². The normalized spacial score (nSPS) is 10.6. The molecule has 3 aromatic rings. The van der Waals surface area contributed by atoms with Gasteiger partial charge < -0.3 is 5.73 Å². The number of benzene rings is 2. The second kappa shape index (κ2) is 5.44. The molecule has 0 radical (unpaired) electrons. The largest absolute Gasteiger partial charge is 0.363 e. The molecule has 5 nitrogen and oxygen atoms in total. The predicted molar refractivity (Wildman–Crippen MR) is 84.8 cm³/mol. The summed E-state index contributed by atoms with van der Waals surface area (Å²) in [7, 11) is 0. The van der Waals surface area contributed by atoms with Crippen molar-refractivity contribution in [3.63, 3.8) is 0 Å². The summed E-state index contributed by atoms with van der Waals surface area (Å²) in [5.41, 5.74) is 9.29. The van der Waals surface area contributed by atoms with Crippen molar-refractivity contribution >= 4 is 5.91 Å². The van der Waals surface area contributed by atoms with Crippen molar-refractivity contribution in [3.8, 4) is 17.1 Å². The summed E-state index contributed by atoms with van der Waals surface area (Å²) in [6, 6.07) is 15.7. The van der Waals surface area contributed by atoms with E-state index in [0.29, 0.717) is 5.82 Å². The first kappa shape index (κ1) is 14.0. The van der Waals surface area contributed by atoms with Crippen molar-refractivity contribution in [3.05, 3.63) is 65.5 Å². The lowest BCUT2D eigenvalue weighted by atomic mass is 10.1. The van der Waals surface area contributed by atoms with E-state index < -0.39 is 5.91 Å². The van der Waals surface area contributed by atoms with Gasteiger partial charge in [-0.05, 0) is 25.5 Å². The average Bonchev–Trinajstić information content (AvgIpc) is 2.94. The molecule has 0 saturated carbocycles. The Bertz CT molecular complexity index is 834. The topological polar surface area (TPSA) is 73.8 Å². The molecular formula is C17H16N4O. The molecule has 2 aromatic carbocycles. The van der Waals surface area contributed by atoms with E-state index in [1.807, 2.05) is 62.4 Å². The zero-order valence-electron chi connectivity index (χ0n) is 12.4. The zero-order valence-corrected chi connectivity index (χ0v) is 12.4. The first-order chi connectivity index (χ1) is 10.6. The maximum Gasteiger partial charge on any atom is 0.288 e. The Balaban J connectivity index is 2.23. The Morgan fingerprint density at radius 1 is 1.05 bits per heavy atom. The predicted octanol–water partition coefficient (Wildman–Crippen LogP) is 2.65. The number of nitrogens with zero attached hydrogens (tertiary/aromatic N) is 3. The van der Waals surface area contributed by atoms with E-state index in [1.54, 1.807) is 4.68 Å². The Kier molecular flexibility index (Phi) is 3.47. The van der Waals surface area contributed by atoms with Crippen molar-refractivity contribution < 1.29 is 4.79 Å². The van der Waals surface area contributed by atoms with E-state index in [2.05, 4.69) is 10.1 Å². The average molecular weight is 292 g/mol. The molecule has 0 aliphatic rings. The lowest BCUT2D eigenvalue weighted by Gasteiger charge is -2.08. The van der Waals surface area contributed by atoms with E-state index in [1.165, 1.54) is 0 Å². The number of hydrogen-bond donors (Lipinski definition) is 1. The summed E-state index contributed by atoms with van der Waals surface area (Å²) in [6.07, 6.45) is 0. The number of aryl methyl sites for hydroxylation is 2. The number of nitrogens with two attached hydrogens (primary N) is 1. The van der Waals surface area contributed by atoms with Crippen LogP contribution in [0.1, 0.15) is 21.7 Å². The molecule has 5 heteroatoms. The van der Waals surface area contributed by atoms with Crippen LogP contribution >= 0.6 is 0 Å². The van der Waals surface area contributed by atoms with Crippen molar-refractivity contribution in [1.29, 1.82) is 0 Å². The highest BCUT2D eigenvalue weighted by molar-refractivity contribution is 5.89. The Labute approximate surface area is 128 Å². The smallest absolute Gasteiger partial charge is 0.288 e. The second-order valence-electron chi connectivity index (χ2n) is 5.19. The van der Waals surface area contributed by atoms with Crippen LogP contribution in [-0.2, 0) is 0 Å². The maximum atomic E-state index is 11.5. The van der Waals surface area contributed by atoms with Crippen LogP contribution in [0.15, 0.2) is 48.5 Å². The quantitative estimate of drug-likeness (QED) is 0.806. The molecule has 2 N–H and O–H groups in total. The molecule has 0 saturated heterocycles. The third kappa shape index (κ3) is 2.48. The number of carbonyl (C=O) groups excluding carboxylic acids is 1. The van der Waals surface area contributed by atoms with Gasteiger partial charge in [-0.25, -0.2) is 9.67 Å². The highest BCUT2D eigenvalue weighted by Crippen LogP contribution is 2.23. The van der Waals surface area contributed by atoms with Crippen molar-refractivity contribution in [2.45, 2.75) is 13.8 Å². The van der Waals surface area contributed by atoms with Crippen molar-refractivity contribution in [2.75, 3.05) is 0 Å². The van der Waals surface area contributed by atoms with Gasteiger partial charge in [0.25, 0.3) is 5.91 Å². The molecule has 22 heavy (non-hydrogen) atoms. The summed E-state index contributed by atoms with van der Waals surface area (Å²) in [4.78, 5) is 15.8. The monoisotopic (exact) mass is 292 g/mol. The van der Waals surface area contributed by atoms with Gasteiger partial charge in [0.05, 0.1) is 5.69 Å². The minimum atomic E-state index is -0.638. The van der Waals surface area contributed by atoms with Crippen LogP contribution < -0.4 is 5.73 Å². The molecule has 1 aromatic heterocycles. The zero-order chi connectivity index (χ0) is 15.7. The number of para-hydroxylation sites is 1. The molecule has 1 amide bonds. The molecule has 0 spiro atoms. The number of amides is 1. The Morgan fingerprint density at radius 2 is 1.73 bits per heavy atom. The van der Waals surface area contributed by atoms with Crippen LogP contribution in [0.2, 0.25) is 0 Å². The van der Waals surface area contributed by atoms with Crippen LogP contribution in [0.3, 0.4) is 0 Å². The lowest BCUT2D eigenvalue weighted by Crippen LogP contribution is -2.13. The third-order valence-corrected chi connectivity index (χ3v) is 3.48. The number of rotatable bonds is 3. The third-order valence-electron chi connectivity index (χ3n) is 3.48. The number of hydrogen-bond acceptors (Lipinski definition) is 3. The summed E-state index contributed by atoms with van der Waals surface area (Å²) in [5, 5.41) is 4.27. The van der Waals surface area contributed by atoms with Crippen LogP contribution in [0.25, 0.3) is 17.1 Å². The van der Waals surface area contributed by atoms with Gasteiger partial charge in [0, 0.05) is 5.56 Å². The molecule has 0 aliphatic carbocycles. The summed E-state index contributed by atoms with van der Waals surface area (Å²) < 4.78 is 1.67. The van der Waals surface area contributed by atoms with E-state index in [4.69, 9.17) is 5.73 Å². The SMILES string of the molecule is Cc1ccc(-c2nc(C(N)=O)nn2-c2ccccc2C)cc1. The Hall–Kier alpha value is -2.95. The minimum absolute atomic E-state index is 0.0128. The molecular weight excluding hydrogens is 276 g/mol. The summed E-state index contributed by atoms with van der Waals surface area (Å²) in [6.45, 7) is 4.00. The van der Waals surface area contributed by atoms with Crippen LogP contribution in [0.4, 0.5) is 0 Å². The standard InChI is InChI=1S/C17H16N4O/c1-11-7-9-13(10-8-11)17-19-16(15(18)22)20-21(17)14-6-4-3-5-12(14)2/h3-10H,1-2H3,(H2,18,22). The molecule has 3 rings (SSSR count). The molecule has 0 bridgehead atoms. The summed E-state index contributed by atoms with van der Waals surface area (Å²) in [5.74, 6) is -0.0253. The fraction of sp³-hybridized carbons (Fsp3) is 0.118. The van der Waals surface area contributed by atoms with Crippen LogP contribution in [0, 0.1) is 13.8 Å². The Morgan fingerprint density at radius 3 is 2.36 bits per heavy atom. The number of aromatic nitrogens is 3. The first-order valence-electron chi connectivity index (χ1n) is 6.96. The molecule has 1 heterocycles. The fourth-order valence-electron chi connectivity index (χ4n) is 2.27. The van der Waals surface area contributed by atoms with Crippen LogP contribution in [-0.4, -0.2) is 20.7 Å². The molecule has 0 unspecified atom stereocenters. The molecule has 0 aliphatic heterocycles. The summed E-state index contributed by atoms with van der Waals surface area (Å²) >= 11 is 0. The molecule has 110 valence electrons. The molecule has 0 fully saturated rings. The first-order valence-corrected chi connectivity index (χ1v) is 6.96. The van der Waals surface area contributed by atoms with Gasteiger partial charge in [-0.3, -0.25) is 4.79 Å². The van der Waals surface area contributed by atoms with E-state index in [0.717, 1.165) is 22.4 Å². The number of carbonyl (C=O) groups is 1. The van der Waals surface area contributed by atoms with Crippen molar-refractivity contribution in [2.24, 2.45) is 5.73 Å². The van der Waals surface area contributed by atoms with Crippen LogP contribution in [0.5, 0.6) is 0 Å². The van der Waals surface area contributed by atoms with E-state index >= 15 is 0 Å². The van der Waals surface area contributed by atoms with E-state index in [9.17, 15) is 4.79 Å². The van der Waals surface area contributed by atoms with Gasteiger partial charge in [0.2, 0.25) is 5.82 Å². The lowest BCUT2D eigenvalue weighted by molar-refractivity contribution is 0.0990. The van der Waals surface area contributed by atoms with Gasteiger partial charge in [-0.1, -0.05) is 48.0 Å². The highest BCUT2D eigenvalue weighted by atomic mass is 16.1. The van der Waals surface area contributed by atoms with Gasteiger partial charge in [-0.15, -0.1) is 5.10 Å². The van der Waals surface area contributed by atoms with Gasteiger partial charge in [0.15, 0.2) is 5.82 Å².